The number of nitrogens with zero attached hydrogens (tertiary/aromatic N) is 2. The average Bonchev–Trinajstić information content (AvgIpc) is 2.93. The lowest BCUT2D eigenvalue weighted by atomic mass is 10.1. The fourth-order valence-electron chi connectivity index (χ4n) is 2.50. The Labute approximate surface area is 171 Å². The lowest BCUT2D eigenvalue weighted by Gasteiger charge is -2.13. The number of benzene rings is 1. The maximum absolute atomic E-state index is 5.33. The Morgan fingerprint density at radius 3 is 2.50 bits per heavy atom. The summed E-state index contributed by atoms with van der Waals surface area (Å²) in [5.41, 5.74) is 2.91. The second-order valence-electron chi connectivity index (χ2n) is 5.51. The predicted molar refractivity (Wildman–Crippen MR) is 114 cm³/mol. The second kappa shape index (κ2) is 10.9. The molecule has 0 unspecified atom stereocenters. The number of rotatable bonds is 7. The summed E-state index contributed by atoms with van der Waals surface area (Å²) in [6.07, 6.45) is 0.781. The molecule has 7 nitrogen and oxygen atoms in total. The third-order valence-corrected chi connectivity index (χ3v) is 3.80. The summed E-state index contributed by atoms with van der Waals surface area (Å²) in [4.78, 5) is 4.62. The predicted octanol–water partition coefficient (Wildman–Crippen LogP) is 3.55. The molecule has 0 fully saturated rings. The SMILES string of the molecule is CCNC(=NCCc1c(C)noc1C)Nc1ccc(OC)c(OC)c1.I. The van der Waals surface area contributed by atoms with Crippen molar-refractivity contribution in [2.24, 2.45) is 4.99 Å². The van der Waals surface area contributed by atoms with Crippen molar-refractivity contribution >= 4 is 35.6 Å². The van der Waals surface area contributed by atoms with Crippen LogP contribution in [0.1, 0.15) is 23.9 Å². The molecule has 1 aromatic heterocycles. The van der Waals surface area contributed by atoms with Crippen molar-refractivity contribution in [3.63, 3.8) is 0 Å². The van der Waals surface area contributed by atoms with E-state index in [0.29, 0.717) is 24.0 Å². The van der Waals surface area contributed by atoms with E-state index in [4.69, 9.17) is 14.0 Å². The number of nitrogens with one attached hydrogen (secondary N) is 2. The van der Waals surface area contributed by atoms with Gasteiger partial charge in [-0.2, -0.15) is 0 Å². The quantitative estimate of drug-likeness (QED) is 0.363. The number of ether oxygens (including phenoxy) is 2. The number of hydrogen-bond acceptors (Lipinski definition) is 5. The fraction of sp³-hybridized carbons (Fsp3) is 0.444. The van der Waals surface area contributed by atoms with Crippen molar-refractivity contribution in [2.75, 3.05) is 32.6 Å². The molecule has 0 saturated carbocycles. The maximum atomic E-state index is 5.33. The van der Waals surface area contributed by atoms with E-state index < -0.39 is 0 Å². The van der Waals surface area contributed by atoms with E-state index in [1.807, 2.05) is 39.0 Å². The van der Waals surface area contributed by atoms with Gasteiger partial charge in [0, 0.05) is 30.4 Å². The van der Waals surface area contributed by atoms with Gasteiger partial charge in [-0.15, -0.1) is 24.0 Å². The topological polar surface area (TPSA) is 80.9 Å². The van der Waals surface area contributed by atoms with Crippen LogP contribution in [0.25, 0.3) is 0 Å². The minimum absolute atomic E-state index is 0. The highest BCUT2D eigenvalue weighted by Crippen LogP contribution is 2.29. The van der Waals surface area contributed by atoms with Crippen molar-refractivity contribution < 1.29 is 14.0 Å². The molecule has 0 aliphatic heterocycles. The number of anilines is 1. The number of aliphatic imine (C=N–C) groups is 1. The summed E-state index contributed by atoms with van der Waals surface area (Å²) in [7, 11) is 3.23. The molecule has 8 heteroatoms. The van der Waals surface area contributed by atoms with Gasteiger partial charge in [0.15, 0.2) is 17.5 Å². The van der Waals surface area contributed by atoms with Crippen LogP contribution >= 0.6 is 24.0 Å². The van der Waals surface area contributed by atoms with Crippen LogP contribution in [0.5, 0.6) is 11.5 Å². The van der Waals surface area contributed by atoms with Crippen LogP contribution in [-0.4, -0.2) is 38.4 Å². The molecule has 2 aromatic rings. The van der Waals surface area contributed by atoms with E-state index >= 15 is 0 Å². The van der Waals surface area contributed by atoms with E-state index in [0.717, 1.165) is 35.7 Å². The lowest BCUT2D eigenvalue weighted by Crippen LogP contribution is -2.30. The molecule has 0 bridgehead atoms. The van der Waals surface area contributed by atoms with Crippen molar-refractivity contribution in [2.45, 2.75) is 27.2 Å². The van der Waals surface area contributed by atoms with E-state index in [9.17, 15) is 0 Å². The molecule has 0 atom stereocenters. The molecule has 144 valence electrons. The van der Waals surface area contributed by atoms with Gasteiger partial charge < -0.3 is 24.6 Å². The van der Waals surface area contributed by atoms with Gasteiger partial charge in [0.1, 0.15) is 5.76 Å². The summed E-state index contributed by atoms with van der Waals surface area (Å²) in [5, 5.41) is 10.5. The molecular formula is C18H27IN4O3. The average molecular weight is 474 g/mol. The first-order valence-electron chi connectivity index (χ1n) is 8.28. The fourth-order valence-corrected chi connectivity index (χ4v) is 2.50. The van der Waals surface area contributed by atoms with Crippen LogP contribution in [0.15, 0.2) is 27.7 Å². The number of aryl methyl sites for hydroxylation is 2. The Hall–Kier alpha value is -1.97. The van der Waals surface area contributed by atoms with Gasteiger partial charge in [-0.05, 0) is 39.3 Å². The number of methoxy groups -OCH3 is 2. The molecule has 0 saturated heterocycles. The molecule has 0 spiro atoms. The normalized spacial score (nSPS) is 10.9. The highest BCUT2D eigenvalue weighted by Gasteiger charge is 2.09. The Morgan fingerprint density at radius 2 is 1.92 bits per heavy atom. The number of halogens is 1. The summed E-state index contributed by atoms with van der Waals surface area (Å²) < 4.78 is 15.8. The third-order valence-electron chi connectivity index (χ3n) is 3.80. The van der Waals surface area contributed by atoms with Gasteiger partial charge in [-0.3, -0.25) is 4.99 Å². The monoisotopic (exact) mass is 474 g/mol. The molecule has 0 aliphatic rings. The van der Waals surface area contributed by atoms with Crippen LogP contribution < -0.4 is 20.1 Å². The van der Waals surface area contributed by atoms with E-state index in [1.165, 1.54) is 0 Å². The lowest BCUT2D eigenvalue weighted by molar-refractivity contribution is 0.355. The summed E-state index contributed by atoms with van der Waals surface area (Å²) in [6, 6.07) is 5.65. The van der Waals surface area contributed by atoms with Crippen LogP contribution in [-0.2, 0) is 6.42 Å². The van der Waals surface area contributed by atoms with Gasteiger partial charge >= 0.3 is 0 Å². The highest BCUT2D eigenvalue weighted by atomic mass is 127. The Morgan fingerprint density at radius 1 is 1.19 bits per heavy atom. The Kier molecular flexibility index (Phi) is 9.25. The second-order valence-corrected chi connectivity index (χ2v) is 5.51. The van der Waals surface area contributed by atoms with Gasteiger partial charge in [-0.25, -0.2) is 0 Å². The summed E-state index contributed by atoms with van der Waals surface area (Å²) >= 11 is 0. The zero-order chi connectivity index (χ0) is 18.2. The molecule has 0 radical (unpaired) electrons. The van der Waals surface area contributed by atoms with Crippen molar-refractivity contribution in [1.82, 2.24) is 10.5 Å². The zero-order valence-corrected chi connectivity index (χ0v) is 18.2. The maximum Gasteiger partial charge on any atom is 0.195 e. The summed E-state index contributed by atoms with van der Waals surface area (Å²) in [6.45, 7) is 7.30. The molecule has 1 aromatic carbocycles. The van der Waals surface area contributed by atoms with Crippen molar-refractivity contribution in [3.05, 3.63) is 35.2 Å². The molecule has 0 amide bonds. The Balaban J connectivity index is 0.00000338. The van der Waals surface area contributed by atoms with E-state index in [1.54, 1.807) is 14.2 Å². The first kappa shape index (κ1) is 22.1. The molecule has 1 heterocycles. The van der Waals surface area contributed by atoms with E-state index in [2.05, 4.69) is 20.8 Å². The van der Waals surface area contributed by atoms with Crippen LogP contribution in [0.3, 0.4) is 0 Å². The van der Waals surface area contributed by atoms with Crippen LogP contribution in [0.4, 0.5) is 5.69 Å². The first-order chi connectivity index (χ1) is 12.1. The first-order valence-corrected chi connectivity index (χ1v) is 8.28. The van der Waals surface area contributed by atoms with Crippen LogP contribution in [0.2, 0.25) is 0 Å². The third kappa shape index (κ3) is 5.79. The molecule has 2 rings (SSSR count). The molecule has 2 N–H and O–H groups in total. The smallest absolute Gasteiger partial charge is 0.195 e. The number of hydrogen-bond donors (Lipinski definition) is 2. The van der Waals surface area contributed by atoms with Gasteiger partial charge in [0.25, 0.3) is 0 Å². The van der Waals surface area contributed by atoms with Gasteiger partial charge in [0.05, 0.1) is 19.9 Å². The standard InChI is InChI=1S/C18H26N4O3.HI/c1-6-19-18(20-10-9-15-12(2)22-25-13(15)3)21-14-7-8-16(23-4)17(11-14)24-5;/h7-8,11H,6,9-10H2,1-5H3,(H2,19,20,21);1H. The largest absolute Gasteiger partial charge is 0.493 e. The molecular weight excluding hydrogens is 447 g/mol. The number of aromatic nitrogens is 1. The van der Waals surface area contributed by atoms with Gasteiger partial charge in [-0.1, -0.05) is 5.16 Å². The minimum Gasteiger partial charge on any atom is -0.493 e. The zero-order valence-electron chi connectivity index (χ0n) is 15.9. The molecule has 26 heavy (non-hydrogen) atoms. The minimum atomic E-state index is 0. The highest BCUT2D eigenvalue weighted by molar-refractivity contribution is 14.0. The van der Waals surface area contributed by atoms with Gasteiger partial charge in [0.2, 0.25) is 0 Å². The Bertz CT molecular complexity index is 712. The summed E-state index contributed by atoms with van der Waals surface area (Å²) in [5.74, 6) is 2.92. The van der Waals surface area contributed by atoms with Crippen molar-refractivity contribution in [3.8, 4) is 11.5 Å². The van der Waals surface area contributed by atoms with Crippen molar-refractivity contribution in [1.29, 1.82) is 0 Å². The number of guanidine groups is 1. The molecule has 0 aliphatic carbocycles. The van der Waals surface area contributed by atoms with E-state index in [-0.39, 0.29) is 24.0 Å². The van der Waals surface area contributed by atoms with Crippen LogP contribution in [0, 0.1) is 13.8 Å².